The highest BCUT2D eigenvalue weighted by Crippen LogP contribution is 2.37. The number of nitrogens with zero attached hydrogens (tertiary/aromatic N) is 3. The Hall–Kier alpha value is -3.31. The van der Waals surface area contributed by atoms with Crippen LogP contribution in [0.25, 0.3) is 0 Å². The molecule has 0 bridgehead atoms. The SMILES string of the molecule is CC(C)N1CCN(CC[C@H](CSc2ccccc2)Nc2ccc(S(=O)(=O)NC(=O)c3ccc(N4CCC(C)(C)CC4)cc3)cc2S(=O)(=O)C(F)(F)F)CC1. The Bertz CT molecular complexity index is 1940. The Kier molecular flexibility index (Phi) is 13.4. The second-order valence-electron chi connectivity index (χ2n) is 15.0. The fourth-order valence-corrected chi connectivity index (χ4v) is 9.56. The van der Waals surface area contributed by atoms with Crippen LogP contribution in [0.3, 0.4) is 0 Å². The highest BCUT2D eigenvalue weighted by atomic mass is 32.2. The van der Waals surface area contributed by atoms with E-state index in [4.69, 9.17) is 0 Å². The number of carbonyl (C=O) groups is 1. The summed E-state index contributed by atoms with van der Waals surface area (Å²) in [5, 5.41) is 3.02. The number of carbonyl (C=O) groups excluding carboxylic acids is 1. The molecule has 296 valence electrons. The molecule has 0 aromatic heterocycles. The molecular weight excluding hydrogens is 760 g/mol. The average molecular weight is 810 g/mol. The molecular formula is C38H50F3N5O5S3. The number of sulfonamides is 1. The van der Waals surface area contributed by atoms with Gasteiger partial charge in [0.1, 0.15) is 4.90 Å². The number of amides is 1. The van der Waals surface area contributed by atoms with Crippen molar-refractivity contribution in [3.8, 4) is 0 Å². The molecule has 2 saturated heterocycles. The topological polar surface area (TPSA) is 119 Å². The molecule has 0 aliphatic carbocycles. The number of halogens is 3. The van der Waals surface area contributed by atoms with Gasteiger partial charge in [0.15, 0.2) is 0 Å². The van der Waals surface area contributed by atoms with Gasteiger partial charge in [0.2, 0.25) is 0 Å². The van der Waals surface area contributed by atoms with Gasteiger partial charge < -0.3 is 15.1 Å². The van der Waals surface area contributed by atoms with Gasteiger partial charge in [0, 0.05) is 79.8 Å². The van der Waals surface area contributed by atoms with E-state index < -0.39 is 47.1 Å². The van der Waals surface area contributed by atoms with Crippen molar-refractivity contribution in [3.05, 3.63) is 78.4 Å². The van der Waals surface area contributed by atoms with Crippen LogP contribution < -0.4 is 14.9 Å². The van der Waals surface area contributed by atoms with Gasteiger partial charge in [-0.1, -0.05) is 32.0 Å². The van der Waals surface area contributed by atoms with E-state index in [1.54, 1.807) is 12.1 Å². The third-order valence-corrected chi connectivity index (χ3v) is 14.2. The number of sulfone groups is 1. The molecule has 2 N–H and O–H groups in total. The van der Waals surface area contributed by atoms with E-state index in [-0.39, 0.29) is 16.7 Å². The molecule has 3 aromatic carbocycles. The van der Waals surface area contributed by atoms with Crippen LogP contribution in [0.4, 0.5) is 24.5 Å². The summed E-state index contributed by atoms with van der Waals surface area (Å²) in [6.07, 6.45) is 2.48. The summed E-state index contributed by atoms with van der Waals surface area (Å²) >= 11 is 1.47. The van der Waals surface area contributed by atoms with Crippen molar-refractivity contribution in [2.24, 2.45) is 5.41 Å². The van der Waals surface area contributed by atoms with Crippen molar-refractivity contribution in [1.29, 1.82) is 0 Å². The van der Waals surface area contributed by atoms with Gasteiger partial charge in [-0.3, -0.25) is 9.69 Å². The third-order valence-electron chi connectivity index (χ3n) is 10.2. The van der Waals surface area contributed by atoms with Gasteiger partial charge in [-0.25, -0.2) is 21.6 Å². The predicted molar refractivity (Wildman–Crippen MR) is 208 cm³/mol. The fourth-order valence-electron chi connectivity index (χ4n) is 6.54. The van der Waals surface area contributed by atoms with Crippen LogP contribution in [0.2, 0.25) is 0 Å². The monoisotopic (exact) mass is 809 g/mol. The van der Waals surface area contributed by atoms with Crippen LogP contribution in [-0.2, 0) is 19.9 Å². The number of anilines is 2. The third kappa shape index (κ3) is 10.7. The molecule has 2 aliphatic heterocycles. The van der Waals surface area contributed by atoms with Crippen molar-refractivity contribution in [3.63, 3.8) is 0 Å². The Morgan fingerprint density at radius 2 is 1.50 bits per heavy atom. The number of benzene rings is 3. The maximum atomic E-state index is 14.1. The maximum absolute atomic E-state index is 14.1. The lowest BCUT2D eigenvalue weighted by Gasteiger charge is -2.38. The molecule has 54 heavy (non-hydrogen) atoms. The number of thioether (sulfide) groups is 1. The van der Waals surface area contributed by atoms with Crippen LogP contribution >= 0.6 is 11.8 Å². The van der Waals surface area contributed by atoms with E-state index in [1.165, 1.54) is 23.9 Å². The van der Waals surface area contributed by atoms with Gasteiger partial charge in [-0.15, -0.1) is 11.8 Å². The number of hydrogen-bond donors (Lipinski definition) is 2. The maximum Gasteiger partial charge on any atom is 0.501 e. The average Bonchev–Trinajstić information content (AvgIpc) is 3.12. The van der Waals surface area contributed by atoms with Crippen molar-refractivity contribution < 1.29 is 34.8 Å². The first-order valence-corrected chi connectivity index (χ1v) is 22.1. The summed E-state index contributed by atoms with van der Waals surface area (Å²) in [6, 6.07) is 18.2. The van der Waals surface area contributed by atoms with Gasteiger partial charge in [0.05, 0.1) is 10.6 Å². The zero-order valence-corrected chi connectivity index (χ0v) is 33.6. The zero-order chi connectivity index (χ0) is 39.3. The summed E-state index contributed by atoms with van der Waals surface area (Å²) in [6.45, 7) is 14.4. The Morgan fingerprint density at radius 3 is 2.09 bits per heavy atom. The second-order valence-corrected chi connectivity index (χ2v) is 19.7. The Morgan fingerprint density at radius 1 is 0.870 bits per heavy atom. The number of hydrogen-bond acceptors (Lipinski definition) is 10. The van der Waals surface area contributed by atoms with Crippen LogP contribution in [0.5, 0.6) is 0 Å². The normalized spacial score (nSPS) is 18.0. The minimum atomic E-state index is -6.02. The summed E-state index contributed by atoms with van der Waals surface area (Å²) in [5.74, 6) is -0.609. The Balaban J connectivity index is 1.36. The van der Waals surface area contributed by atoms with Crippen molar-refractivity contribution in [2.75, 3.05) is 61.8 Å². The van der Waals surface area contributed by atoms with E-state index in [0.717, 1.165) is 74.8 Å². The summed E-state index contributed by atoms with van der Waals surface area (Å²) in [4.78, 5) is 18.8. The molecule has 2 heterocycles. The van der Waals surface area contributed by atoms with Crippen molar-refractivity contribution >= 4 is 48.9 Å². The minimum Gasteiger partial charge on any atom is -0.380 e. The van der Waals surface area contributed by atoms with Gasteiger partial charge in [0.25, 0.3) is 25.8 Å². The summed E-state index contributed by atoms with van der Waals surface area (Å²) in [7, 11) is -10.8. The molecule has 0 spiro atoms. The molecule has 0 unspecified atom stereocenters. The lowest BCUT2D eigenvalue weighted by Crippen LogP contribution is -2.49. The first-order chi connectivity index (χ1) is 25.3. The van der Waals surface area contributed by atoms with Crippen LogP contribution in [0.15, 0.2) is 87.5 Å². The summed E-state index contributed by atoms with van der Waals surface area (Å²) in [5.41, 5.74) is -4.96. The lowest BCUT2D eigenvalue weighted by atomic mass is 9.82. The number of rotatable bonds is 14. The molecule has 2 fully saturated rings. The van der Waals surface area contributed by atoms with Crippen molar-refractivity contribution in [1.82, 2.24) is 14.5 Å². The Labute approximate surface area is 321 Å². The number of alkyl halides is 3. The van der Waals surface area contributed by atoms with E-state index in [0.29, 0.717) is 30.8 Å². The van der Waals surface area contributed by atoms with E-state index in [2.05, 4.69) is 47.7 Å². The van der Waals surface area contributed by atoms with E-state index in [9.17, 15) is 34.8 Å². The first kappa shape index (κ1) is 41.8. The fraction of sp³-hybridized carbons (Fsp3) is 0.500. The zero-order valence-electron chi connectivity index (χ0n) is 31.1. The predicted octanol–water partition coefficient (Wildman–Crippen LogP) is 6.71. The highest BCUT2D eigenvalue weighted by Gasteiger charge is 2.48. The van der Waals surface area contributed by atoms with E-state index in [1.807, 2.05) is 35.1 Å². The molecule has 10 nitrogen and oxygen atoms in total. The standard InChI is InChI=1S/C38H50F3N5O5S3/c1-28(2)45-24-22-44(23-25-45)19-16-30(27-52-32-8-6-5-7-9-32)42-34-15-14-33(26-35(34)53(48,49)38(39,40)41)54(50,51)43-36(47)29-10-12-31(13-11-29)46-20-17-37(3,4)18-21-46/h5-15,26,28,30,42H,16-25,27H2,1-4H3,(H,43,47)/t30-/m1/s1. The number of nitrogens with one attached hydrogen (secondary N) is 2. The molecule has 5 rings (SSSR count). The summed E-state index contributed by atoms with van der Waals surface area (Å²) < 4.78 is 97.0. The quantitative estimate of drug-likeness (QED) is 0.170. The largest absolute Gasteiger partial charge is 0.501 e. The van der Waals surface area contributed by atoms with Crippen molar-refractivity contribution in [2.45, 2.75) is 79.2 Å². The number of piperidine rings is 1. The second kappa shape index (κ2) is 17.2. The molecule has 0 saturated carbocycles. The smallest absolute Gasteiger partial charge is 0.380 e. The van der Waals surface area contributed by atoms with E-state index >= 15 is 0 Å². The van der Waals surface area contributed by atoms with Gasteiger partial charge in [-0.05, 0) is 93.1 Å². The van der Waals surface area contributed by atoms with Gasteiger partial charge >= 0.3 is 5.51 Å². The lowest BCUT2D eigenvalue weighted by molar-refractivity contribution is -0.0435. The first-order valence-electron chi connectivity index (χ1n) is 18.1. The highest BCUT2D eigenvalue weighted by molar-refractivity contribution is 7.99. The van der Waals surface area contributed by atoms with Crippen LogP contribution in [0.1, 0.15) is 57.3 Å². The molecule has 0 radical (unpaired) electrons. The molecule has 1 atom stereocenters. The number of piperazine rings is 1. The van der Waals surface area contributed by atoms with Crippen LogP contribution in [-0.4, -0.2) is 102 Å². The van der Waals surface area contributed by atoms with Gasteiger partial charge in [-0.2, -0.15) is 13.2 Å². The molecule has 2 aliphatic rings. The molecule has 1 amide bonds. The minimum absolute atomic E-state index is 0.0189. The van der Waals surface area contributed by atoms with Crippen LogP contribution in [0, 0.1) is 5.41 Å². The molecule has 3 aromatic rings. The molecule has 16 heteroatoms.